The van der Waals surface area contributed by atoms with Crippen LogP contribution in [0.3, 0.4) is 0 Å². The van der Waals surface area contributed by atoms with Gasteiger partial charge in [-0.3, -0.25) is 13.9 Å². The second-order valence-corrected chi connectivity index (χ2v) is 14.3. The molecule has 2 N–H and O–H groups in total. The molecule has 1 aliphatic heterocycles. The van der Waals surface area contributed by atoms with Gasteiger partial charge in [-0.2, -0.15) is 18.3 Å². The molecule has 0 saturated carbocycles. The Bertz CT molecular complexity index is 2510. The highest BCUT2D eigenvalue weighted by Gasteiger charge is 2.34. The minimum Gasteiger partial charge on any atom is -0.492 e. The van der Waals surface area contributed by atoms with Gasteiger partial charge in [0.25, 0.3) is 5.91 Å². The number of anilines is 1. The minimum atomic E-state index is -5.01. The quantitative estimate of drug-likeness (QED) is 0.105. The first-order valence-electron chi connectivity index (χ1n) is 17.4. The maximum absolute atomic E-state index is 16.5. The highest BCUT2D eigenvalue weighted by Crippen LogP contribution is 2.43. The number of aromatic nitrogens is 5. The number of benzene rings is 3. The summed E-state index contributed by atoms with van der Waals surface area (Å²) in [4.78, 5) is 42.6. The number of rotatable bonds is 10. The van der Waals surface area contributed by atoms with Crippen molar-refractivity contribution < 1.29 is 50.4 Å². The van der Waals surface area contributed by atoms with Gasteiger partial charge in [0.05, 0.1) is 36.4 Å². The van der Waals surface area contributed by atoms with Gasteiger partial charge in [0, 0.05) is 60.2 Å². The largest absolute Gasteiger partial charge is 0.492 e. The third kappa shape index (κ3) is 7.18. The van der Waals surface area contributed by atoms with Crippen LogP contribution in [0.25, 0.3) is 27.8 Å². The zero-order valence-electron chi connectivity index (χ0n) is 30.1. The van der Waals surface area contributed by atoms with Crippen LogP contribution in [0.1, 0.15) is 57.7 Å². The summed E-state index contributed by atoms with van der Waals surface area (Å²) in [6, 6.07) is 11.8. The van der Waals surface area contributed by atoms with E-state index in [1.54, 1.807) is 15.6 Å². The predicted molar refractivity (Wildman–Crippen MR) is 195 cm³/mol. The Morgan fingerprint density at radius 3 is 2.30 bits per heavy atom. The summed E-state index contributed by atoms with van der Waals surface area (Å²) < 4.78 is 95.3. The Morgan fingerprint density at radius 1 is 0.982 bits per heavy atom. The molecule has 56 heavy (non-hydrogen) atoms. The number of aryl methyl sites for hydroxylation is 2. The molecule has 4 heterocycles. The molecule has 12 nitrogen and oxygen atoms in total. The van der Waals surface area contributed by atoms with Crippen LogP contribution in [0.2, 0.25) is 0 Å². The maximum atomic E-state index is 16.5. The third-order valence-electron chi connectivity index (χ3n) is 9.70. The lowest BCUT2D eigenvalue weighted by atomic mass is 9.97. The van der Waals surface area contributed by atoms with E-state index in [2.05, 4.69) is 14.5 Å². The lowest BCUT2D eigenvalue weighted by Crippen LogP contribution is -2.31. The van der Waals surface area contributed by atoms with Crippen molar-refractivity contribution in [3.8, 4) is 22.7 Å². The molecule has 0 saturated heterocycles. The standard InChI is InChI=1S/C38H34F5N6O6P/c1-4-21-7-6-8-22(5-2)32(21)49-33(29-19-47(13-12-31(29)46-49)37-44-17-24(18-45-37)38(41,42)43)28-16-30(40)35(54-3)34-27(28)11-14-48(34)36(50)26-10-9-25(39)15-23(26)20-55-56(51,52)53/h6-11,14-18H,4-5,12-13,19-20H2,1-3H3,(H2,51,52,53). The van der Waals surface area contributed by atoms with Gasteiger partial charge in [0.1, 0.15) is 11.3 Å². The fraction of sp³-hybridized carbons (Fsp3) is 0.263. The number of phosphoric acid groups is 1. The van der Waals surface area contributed by atoms with Gasteiger partial charge in [-0.05, 0) is 59.9 Å². The average Bonchev–Trinajstić information content (AvgIpc) is 3.78. The number of carbonyl (C=O) groups excluding carboxylic acids is 1. The lowest BCUT2D eigenvalue weighted by Gasteiger charge is -2.27. The summed E-state index contributed by atoms with van der Waals surface area (Å²) in [5.41, 5.74) is 3.41. The van der Waals surface area contributed by atoms with E-state index in [1.807, 2.05) is 32.0 Å². The van der Waals surface area contributed by atoms with E-state index >= 15 is 4.39 Å². The zero-order chi connectivity index (χ0) is 40.1. The van der Waals surface area contributed by atoms with Crippen molar-refractivity contribution in [2.45, 2.75) is 52.4 Å². The predicted octanol–water partition coefficient (Wildman–Crippen LogP) is 7.57. The first-order valence-corrected chi connectivity index (χ1v) is 18.9. The van der Waals surface area contributed by atoms with Crippen LogP contribution in [-0.2, 0) is 47.7 Å². The SMILES string of the molecule is CCc1cccc(CC)c1-n1nc2c(c1-c1cc(F)c(OC)c3c1ccn3C(=O)c1ccc(F)cc1COP(=O)(O)O)CN(c1ncc(C(F)(F)F)cn1)CC2. The molecule has 0 atom stereocenters. The molecule has 1 aliphatic rings. The fourth-order valence-corrected chi connectivity index (χ4v) is 7.41. The van der Waals surface area contributed by atoms with Gasteiger partial charge in [0.15, 0.2) is 11.6 Å². The van der Waals surface area contributed by atoms with Crippen LogP contribution >= 0.6 is 7.82 Å². The number of ether oxygens (including phenoxy) is 1. The van der Waals surface area contributed by atoms with Gasteiger partial charge >= 0.3 is 14.0 Å². The number of methoxy groups -OCH3 is 1. The molecule has 0 aliphatic carbocycles. The average molecular weight is 797 g/mol. The Balaban J connectivity index is 1.45. The number of alkyl halides is 3. The van der Waals surface area contributed by atoms with Crippen molar-refractivity contribution in [2.75, 3.05) is 18.6 Å². The Morgan fingerprint density at radius 2 is 1.68 bits per heavy atom. The molecule has 0 unspecified atom stereocenters. The molecular formula is C38H34F5N6O6P. The Hall–Kier alpha value is -5.48. The molecule has 6 aromatic rings. The Labute approximate surface area is 316 Å². The second-order valence-electron chi connectivity index (χ2n) is 13.0. The van der Waals surface area contributed by atoms with E-state index in [1.165, 1.54) is 19.4 Å². The molecule has 0 bridgehead atoms. The minimum absolute atomic E-state index is 0.00147. The van der Waals surface area contributed by atoms with Crippen molar-refractivity contribution in [1.29, 1.82) is 0 Å². The van der Waals surface area contributed by atoms with Crippen molar-refractivity contribution in [2.24, 2.45) is 0 Å². The van der Waals surface area contributed by atoms with Gasteiger partial charge in [-0.1, -0.05) is 32.0 Å². The number of carbonyl (C=O) groups is 1. The van der Waals surface area contributed by atoms with Gasteiger partial charge in [-0.15, -0.1) is 0 Å². The molecule has 292 valence electrons. The van der Waals surface area contributed by atoms with Crippen LogP contribution in [0.5, 0.6) is 5.75 Å². The smallest absolute Gasteiger partial charge is 0.469 e. The first-order chi connectivity index (χ1) is 26.6. The number of para-hydroxylation sites is 1. The maximum Gasteiger partial charge on any atom is 0.469 e. The highest BCUT2D eigenvalue weighted by molar-refractivity contribution is 7.46. The van der Waals surface area contributed by atoms with Crippen LogP contribution < -0.4 is 9.64 Å². The topological polar surface area (TPSA) is 145 Å². The van der Waals surface area contributed by atoms with Gasteiger partial charge < -0.3 is 19.4 Å². The van der Waals surface area contributed by atoms with E-state index in [9.17, 15) is 36.7 Å². The molecule has 0 spiro atoms. The summed E-state index contributed by atoms with van der Waals surface area (Å²) in [6.07, 6.45) is -0.199. The summed E-state index contributed by atoms with van der Waals surface area (Å²) in [5.74, 6) is -2.66. The summed E-state index contributed by atoms with van der Waals surface area (Å²) in [6.45, 7) is 3.61. The number of phosphoric ester groups is 1. The number of hydrogen-bond donors (Lipinski definition) is 2. The molecule has 0 radical (unpaired) electrons. The number of fused-ring (bicyclic) bond motifs is 2. The second kappa shape index (κ2) is 14.9. The molecule has 3 aromatic carbocycles. The van der Waals surface area contributed by atoms with Crippen LogP contribution in [-0.4, -0.2) is 53.7 Å². The Kier molecular flexibility index (Phi) is 10.3. The normalized spacial score (nSPS) is 13.4. The third-order valence-corrected chi connectivity index (χ3v) is 10.2. The zero-order valence-corrected chi connectivity index (χ0v) is 31.0. The molecule has 3 aromatic heterocycles. The fourth-order valence-electron chi connectivity index (χ4n) is 7.10. The van der Waals surface area contributed by atoms with Crippen molar-refractivity contribution in [3.05, 3.63) is 118 Å². The monoisotopic (exact) mass is 796 g/mol. The van der Waals surface area contributed by atoms with Crippen LogP contribution in [0, 0.1) is 11.6 Å². The van der Waals surface area contributed by atoms with E-state index in [0.29, 0.717) is 53.7 Å². The number of nitrogens with zero attached hydrogens (tertiary/aromatic N) is 6. The highest BCUT2D eigenvalue weighted by atomic mass is 31.2. The van der Waals surface area contributed by atoms with Crippen molar-refractivity contribution in [3.63, 3.8) is 0 Å². The van der Waals surface area contributed by atoms with E-state index in [4.69, 9.17) is 9.84 Å². The van der Waals surface area contributed by atoms with Crippen molar-refractivity contribution in [1.82, 2.24) is 24.3 Å². The molecular weight excluding hydrogens is 762 g/mol. The summed E-state index contributed by atoms with van der Waals surface area (Å²) >= 11 is 0. The van der Waals surface area contributed by atoms with E-state index < -0.39 is 43.7 Å². The van der Waals surface area contributed by atoms with E-state index in [-0.39, 0.29) is 34.9 Å². The summed E-state index contributed by atoms with van der Waals surface area (Å²) in [5, 5.41) is 5.43. The van der Waals surface area contributed by atoms with Crippen LogP contribution in [0.4, 0.5) is 27.9 Å². The molecule has 18 heteroatoms. The molecule has 0 fully saturated rings. The molecule has 0 amide bonds. The lowest BCUT2D eigenvalue weighted by molar-refractivity contribution is -0.138. The van der Waals surface area contributed by atoms with Crippen molar-refractivity contribution >= 4 is 30.6 Å². The van der Waals surface area contributed by atoms with E-state index in [0.717, 1.165) is 52.0 Å². The van der Waals surface area contributed by atoms with Gasteiger partial charge in [-0.25, -0.2) is 28.0 Å². The first kappa shape index (κ1) is 38.8. The molecule has 7 rings (SSSR count). The summed E-state index contributed by atoms with van der Waals surface area (Å²) in [7, 11) is -3.78. The number of halogens is 5. The number of hydrogen-bond acceptors (Lipinski definition) is 8. The van der Waals surface area contributed by atoms with Crippen LogP contribution in [0.15, 0.2) is 67.1 Å². The van der Waals surface area contributed by atoms with Gasteiger partial charge in [0.2, 0.25) is 5.95 Å².